The highest BCUT2D eigenvalue weighted by molar-refractivity contribution is 5.47. The number of piperidine rings is 1. The summed E-state index contributed by atoms with van der Waals surface area (Å²) in [5.74, 6) is 0.704. The molecule has 4 nitrogen and oxygen atoms in total. The van der Waals surface area contributed by atoms with Crippen molar-refractivity contribution in [3.8, 4) is 0 Å². The van der Waals surface area contributed by atoms with Crippen LogP contribution in [-0.2, 0) is 5.54 Å². The fourth-order valence-corrected chi connectivity index (χ4v) is 3.54. The molecule has 23 heavy (non-hydrogen) atoms. The summed E-state index contributed by atoms with van der Waals surface area (Å²) in [6, 6.07) is 10.5. The van der Waals surface area contributed by atoms with Gasteiger partial charge >= 0.3 is 0 Å². The van der Waals surface area contributed by atoms with Crippen LogP contribution in [0.3, 0.4) is 0 Å². The Kier molecular flexibility index (Phi) is 3.57. The lowest BCUT2D eigenvalue weighted by Gasteiger charge is -2.41. The summed E-state index contributed by atoms with van der Waals surface area (Å²) in [7, 11) is 0. The quantitative estimate of drug-likeness (QED) is 0.946. The summed E-state index contributed by atoms with van der Waals surface area (Å²) in [4.78, 5) is 11.7. The first kappa shape index (κ1) is 14.6. The number of hydrogen-bond donors (Lipinski definition) is 1. The number of aromatic nitrogens is 2. The molecular formula is C19H24N4. The minimum absolute atomic E-state index is 0.376. The lowest BCUT2D eigenvalue weighted by Crippen LogP contribution is -2.52. The molecule has 1 atom stereocenters. The Morgan fingerprint density at radius 2 is 2.09 bits per heavy atom. The fourth-order valence-electron chi connectivity index (χ4n) is 3.54. The second-order valence-electron chi connectivity index (χ2n) is 7.06. The molecule has 0 radical (unpaired) electrons. The average molecular weight is 308 g/mol. The Morgan fingerprint density at radius 3 is 2.78 bits per heavy atom. The third-order valence-corrected chi connectivity index (χ3v) is 5.05. The highest BCUT2D eigenvalue weighted by Crippen LogP contribution is 2.39. The zero-order chi connectivity index (χ0) is 15.9. The molecule has 2 aromatic heterocycles. The van der Waals surface area contributed by atoms with Crippen molar-refractivity contribution < 1.29 is 0 Å². The van der Waals surface area contributed by atoms with E-state index in [0.717, 1.165) is 37.3 Å². The van der Waals surface area contributed by atoms with Gasteiger partial charge < -0.3 is 10.6 Å². The number of anilines is 1. The number of hydrogen-bond acceptors (Lipinski definition) is 4. The first-order valence-corrected chi connectivity index (χ1v) is 8.58. The number of nitrogens with two attached hydrogens (primary N) is 1. The van der Waals surface area contributed by atoms with E-state index in [0.29, 0.717) is 5.92 Å². The average Bonchev–Trinajstić information content (AvgIpc) is 3.40. The van der Waals surface area contributed by atoms with Crippen molar-refractivity contribution >= 4 is 5.69 Å². The maximum Gasteiger partial charge on any atom is 0.0761 e. The highest BCUT2D eigenvalue weighted by atomic mass is 15.2. The van der Waals surface area contributed by atoms with Crippen molar-refractivity contribution in [2.45, 2.75) is 44.1 Å². The van der Waals surface area contributed by atoms with Crippen LogP contribution in [0.15, 0.2) is 36.5 Å². The van der Waals surface area contributed by atoms with Crippen molar-refractivity contribution in [2.24, 2.45) is 5.73 Å². The molecule has 2 aliphatic rings. The summed E-state index contributed by atoms with van der Waals surface area (Å²) < 4.78 is 0. The molecule has 1 saturated heterocycles. The molecule has 0 bridgehead atoms. The molecular weight excluding hydrogens is 284 g/mol. The van der Waals surface area contributed by atoms with E-state index in [1.165, 1.54) is 24.2 Å². The van der Waals surface area contributed by atoms with E-state index in [1.807, 2.05) is 19.2 Å². The molecule has 120 valence electrons. The van der Waals surface area contributed by atoms with Crippen LogP contribution in [0, 0.1) is 6.92 Å². The van der Waals surface area contributed by atoms with Crippen LogP contribution >= 0.6 is 0 Å². The van der Waals surface area contributed by atoms with Crippen LogP contribution in [0.5, 0.6) is 0 Å². The van der Waals surface area contributed by atoms with Crippen LogP contribution in [0.2, 0.25) is 0 Å². The molecule has 0 spiro atoms. The number of rotatable bonds is 3. The highest BCUT2D eigenvalue weighted by Gasteiger charge is 2.35. The van der Waals surface area contributed by atoms with Gasteiger partial charge in [0.2, 0.25) is 0 Å². The van der Waals surface area contributed by atoms with Crippen LogP contribution in [0.1, 0.15) is 48.7 Å². The summed E-state index contributed by atoms with van der Waals surface area (Å²) in [5.41, 5.74) is 10.8. The van der Waals surface area contributed by atoms with E-state index in [4.69, 9.17) is 5.73 Å². The van der Waals surface area contributed by atoms with Crippen LogP contribution < -0.4 is 10.6 Å². The minimum atomic E-state index is -0.376. The second kappa shape index (κ2) is 5.60. The van der Waals surface area contributed by atoms with E-state index in [9.17, 15) is 0 Å². The third kappa shape index (κ3) is 2.95. The van der Waals surface area contributed by atoms with Gasteiger partial charge in [0.15, 0.2) is 0 Å². The fraction of sp³-hybridized carbons (Fsp3) is 0.474. The standard InChI is InChI=1S/C19H24N4/c1-14-4-2-5-18(22-14)19(20)10-3-11-23(13-19)16-8-9-17(21-12-16)15-6-7-15/h2,4-5,8-9,12,15H,3,6-7,10-11,13,20H2,1H3. The molecule has 2 fully saturated rings. The van der Waals surface area contributed by atoms with Gasteiger partial charge in [0.05, 0.1) is 23.1 Å². The molecule has 2 N–H and O–H groups in total. The number of aryl methyl sites for hydroxylation is 1. The normalized spacial score (nSPS) is 24.7. The van der Waals surface area contributed by atoms with Crippen LogP contribution in [0.4, 0.5) is 5.69 Å². The zero-order valence-electron chi connectivity index (χ0n) is 13.7. The van der Waals surface area contributed by atoms with Gasteiger partial charge in [-0.2, -0.15) is 0 Å². The molecule has 1 aliphatic heterocycles. The summed E-state index contributed by atoms with van der Waals surface area (Å²) in [6.45, 7) is 3.86. The van der Waals surface area contributed by atoms with Crippen molar-refractivity contribution in [1.29, 1.82) is 0 Å². The Morgan fingerprint density at radius 1 is 1.22 bits per heavy atom. The summed E-state index contributed by atoms with van der Waals surface area (Å²) >= 11 is 0. The first-order chi connectivity index (χ1) is 11.1. The maximum absolute atomic E-state index is 6.74. The zero-order valence-corrected chi connectivity index (χ0v) is 13.7. The Balaban J connectivity index is 1.56. The molecule has 3 heterocycles. The van der Waals surface area contributed by atoms with Crippen molar-refractivity contribution in [2.75, 3.05) is 18.0 Å². The van der Waals surface area contributed by atoms with Gasteiger partial charge in [-0.25, -0.2) is 0 Å². The summed E-state index contributed by atoms with van der Waals surface area (Å²) in [5, 5.41) is 0. The van der Waals surface area contributed by atoms with Gasteiger partial charge in [0.1, 0.15) is 0 Å². The first-order valence-electron chi connectivity index (χ1n) is 8.58. The van der Waals surface area contributed by atoms with Crippen LogP contribution in [0.25, 0.3) is 0 Å². The van der Waals surface area contributed by atoms with Crippen LogP contribution in [-0.4, -0.2) is 23.1 Å². The summed E-state index contributed by atoms with van der Waals surface area (Å²) in [6.07, 6.45) is 6.66. The topological polar surface area (TPSA) is 55.0 Å². The van der Waals surface area contributed by atoms with Gasteiger partial charge in [0.25, 0.3) is 0 Å². The van der Waals surface area contributed by atoms with Crippen molar-refractivity contribution in [3.63, 3.8) is 0 Å². The third-order valence-electron chi connectivity index (χ3n) is 5.05. The molecule has 0 aromatic carbocycles. The van der Waals surface area contributed by atoms with Crippen molar-refractivity contribution in [1.82, 2.24) is 9.97 Å². The molecule has 1 unspecified atom stereocenters. The van der Waals surface area contributed by atoms with E-state index >= 15 is 0 Å². The predicted molar refractivity (Wildman–Crippen MR) is 92.5 cm³/mol. The maximum atomic E-state index is 6.74. The molecule has 0 amide bonds. The molecule has 2 aromatic rings. The smallest absolute Gasteiger partial charge is 0.0761 e. The lowest BCUT2D eigenvalue weighted by atomic mass is 9.86. The molecule has 4 heteroatoms. The van der Waals surface area contributed by atoms with E-state index in [-0.39, 0.29) is 5.54 Å². The largest absolute Gasteiger partial charge is 0.368 e. The molecule has 4 rings (SSSR count). The number of nitrogens with zero attached hydrogens (tertiary/aromatic N) is 3. The monoisotopic (exact) mass is 308 g/mol. The van der Waals surface area contributed by atoms with E-state index in [2.05, 4.69) is 39.1 Å². The van der Waals surface area contributed by atoms with Gasteiger partial charge in [-0.05, 0) is 56.9 Å². The predicted octanol–water partition coefficient (Wildman–Crippen LogP) is 3.12. The molecule has 1 aliphatic carbocycles. The Labute approximate surface area is 137 Å². The minimum Gasteiger partial charge on any atom is -0.368 e. The van der Waals surface area contributed by atoms with Gasteiger partial charge in [-0.3, -0.25) is 9.97 Å². The van der Waals surface area contributed by atoms with E-state index < -0.39 is 0 Å². The van der Waals surface area contributed by atoms with Crippen molar-refractivity contribution in [3.05, 3.63) is 53.6 Å². The Bertz CT molecular complexity index is 693. The SMILES string of the molecule is Cc1cccc(C2(N)CCCN(c3ccc(C4CC4)nc3)C2)n1. The number of pyridine rings is 2. The van der Waals surface area contributed by atoms with Gasteiger partial charge in [-0.15, -0.1) is 0 Å². The Hall–Kier alpha value is -1.94. The van der Waals surface area contributed by atoms with Gasteiger partial charge in [-0.1, -0.05) is 6.07 Å². The molecule has 1 saturated carbocycles. The van der Waals surface area contributed by atoms with E-state index in [1.54, 1.807) is 0 Å². The second-order valence-corrected chi connectivity index (χ2v) is 7.06. The van der Waals surface area contributed by atoms with Gasteiger partial charge in [0, 0.05) is 30.4 Å². The lowest BCUT2D eigenvalue weighted by molar-refractivity contribution is 0.345.